The number of aromatic amines is 1. The molecule has 3 heterocycles. The minimum absolute atomic E-state index is 0.159. The van der Waals surface area contributed by atoms with E-state index in [4.69, 9.17) is 4.74 Å². The van der Waals surface area contributed by atoms with Crippen LogP contribution in [0.5, 0.6) is 5.75 Å². The number of hydrogen-bond acceptors (Lipinski definition) is 5. The lowest BCUT2D eigenvalue weighted by Crippen LogP contribution is -2.42. The number of rotatable bonds is 8. The Morgan fingerprint density at radius 3 is 2.87 bits per heavy atom. The monoisotopic (exact) mass is 424 g/mol. The van der Waals surface area contributed by atoms with E-state index in [9.17, 15) is 4.79 Å². The maximum absolute atomic E-state index is 12.5. The van der Waals surface area contributed by atoms with Gasteiger partial charge < -0.3 is 14.6 Å². The molecule has 6 nitrogen and oxygen atoms in total. The van der Waals surface area contributed by atoms with Crippen molar-refractivity contribution in [2.45, 2.75) is 38.5 Å². The Morgan fingerprint density at radius 1 is 1.27 bits per heavy atom. The Hall–Kier alpha value is -2.64. The number of H-pyrrole nitrogens is 1. The van der Waals surface area contributed by atoms with Crippen molar-refractivity contribution >= 4 is 17.2 Å². The van der Waals surface area contributed by atoms with Crippen LogP contribution in [-0.2, 0) is 24.3 Å². The number of piperidine rings is 1. The number of thiophene rings is 1. The van der Waals surface area contributed by atoms with E-state index in [0.717, 1.165) is 56.2 Å². The number of likely N-dealkylation sites (tertiary alicyclic amines) is 1. The summed E-state index contributed by atoms with van der Waals surface area (Å²) >= 11 is 1.64. The molecule has 1 fully saturated rings. The third kappa shape index (κ3) is 5.70. The van der Waals surface area contributed by atoms with Crippen molar-refractivity contribution in [3.05, 3.63) is 70.4 Å². The molecular weight excluding hydrogens is 396 g/mol. The molecule has 1 saturated heterocycles. The van der Waals surface area contributed by atoms with Gasteiger partial charge in [-0.2, -0.15) is 11.3 Å². The van der Waals surface area contributed by atoms with Gasteiger partial charge >= 0.3 is 0 Å². The molecule has 0 atom stereocenters. The van der Waals surface area contributed by atoms with Gasteiger partial charge in [-0.3, -0.25) is 9.69 Å². The fourth-order valence-electron chi connectivity index (χ4n) is 3.82. The van der Waals surface area contributed by atoms with Crippen molar-refractivity contribution in [1.29, 1.82) is 0 Å². The Labute approximate surface area is 181 Å². The Bertz CT molecular complexity index is 919. The average molecular weight is 425 g/mol. The predicted octanol–water partition coefficient (Wildman–Crippen LogP) is 3.72. The van der Waals surface area contributed by atoms with Gasteiger partial charge in [0.05, 0.1) is 13.0 Å². The zero-order valence-electron chi connectivity index (χ0n) is 17.3. The van der Waals surface area contributed by atoms with Gasteiger partial charge in [0.15, 0.2) is 0 Å². The standard InChI is InChI=1S/C23H28N4O2S/c1-26(16-22-24-8-9-25-22)15-18-3-2-4-21(13-18)29-20-5-10-27(11-6-20)23(28)14-19-7-12-30-17-19/h2-4,7-9,12-13,17,20H,5-6,10-11,14-16H2,1H3,(H,24,25). The summed E-state index contributed by atoms with van der Waals surface area (Å²) in [6.07, 6.45) is 6.03. The third-order valence-corrected chi connectivity index (χ3v) is 6.09. The summed E-state index contributed by atoms with van der Waals surface area (Å²) in [4.78, 5) is 24.1. The van der Waals surface area contributed by atoms with E-state index < -0.39 is 0 Å². The van der Waals surface area contributed by atoms with Gasteiger partial charge in [-0.15, -0.1) is 0 Å². The number of nitrogens with one attached hydrogen (secondary N) is 1. The van der Waals surface area contributed by atoms with E-state index in [1.165, 1.54) is 5.56 Å². The molecule has 1 aliphatic heterocycles. The number of ether oxygens (including phenoxy) is 1. The minimum Gasteiger partial charge on any atom is -0.490 e. The van der Waals surface area contributed by atoms with E-state index >= 15 is 0 Å². The Kier molecular flexibility index (Phi) is 6.81. The second kappa shape index (κ2) is 9.91. The zero-order chi connectivity index (χ0) is 20.8. The van der Waals surface area contributed by atoms with Gasteiger partial charge in [-0.25, -0.2) is 4.98 Å². The van der Waals surface area contributed by atoms with E-state index in [0.29, 0.717) is 6.42 Å². The molecule has 0 aliphatic carbocycles. The molecule has 0 bridgehead atoms. The van der Waals surface area contributed by atoms with Gasteiger partial charge in [-0.1, -0.05) is 12.1 Å². The van der Waals surface area contributed by atoms with Crippen LogP contribution in [0.2, 0.25) is 0 Å². The molecule has 1 aromatic carbocycles. The lowest BCUT2D eigenvalue weighted by molar-refractivity contribution is -0.132. The summed E-state index contributed by atoms with van der Waals surface area (Å²) in [5.41, 5.74) is 2.32. The number of benzene rings is 1. The maximum atomic E-state index is 12.5. The molecule has 1 aliphatic rings. The van der Waals surface area contributed by atoms with Gasteiger partial charge in [-0.05, 0) is 47.1 Å². The van der Waals surface area contributed by atoms with Crippen molar-refractivity contribution in [1.82, 2.24) is 19.8 Å². The largest absolute Gasteiger partial charge is 0.490 e. The SMILES string of the molecule is CN(Cc1cccc(OC2CCN(C(=O)Cc3ccsc3)CC2)c1)Cc1ncc[nH]1. The van der Waals surface area contributed by atoms with E-state index in [1.807, 2.05) is 40.1 Å². The second-order valence-electron chi connectivity index (χ2n) is 7.86. The molecule has 3 aromatic rings. The van der Waals surface area contributed by atoms with Crippen molar-refractivity contribution in [3.8, 4) is 5.75 Å². The first-order valence-corrected chi connectivity index (χ1v) is 11.3. The summed E-state index contributed by atoms with van der Waals surface area (Å²) in [6, 6.07) is 10.3. The first-order chi connectivity index (χ1) is 14.7. The highest BCUT2D eigenvalue weighted by atomic mass is 32.1. The number of aromatic nitrogens is 2. The number of hydrogen-bond donors (Lipinski definition) is 1. The van der Waals surface area contributed by atoms with Crippen molar-refractivity contribution in [3.63, 3.8) is 0 Å². The zero-order valence-corrected chi connectivity index (χ0v) is 18.1. The number of carbonyl (C=O) groups excluding carboxylic acids is 1. The summed E-state index contributed by atoms with van der Waals surface area (Å²) in [5, 5.41) is 4.07. The fourth-order valence-corrected chi connectivity index (χ4v) is 4.49. The predicted molar refractivity (Wildman–Crippen MR) is 118 cm³/mol. The number of amides is 1. The average Bonchev–Trinajstić information content (AvgIpc) is 3.43. The van der Waals surface area contributed by atoms with Gasteiger partial charge in [0.1, 0.15) is 17.7 Å². The van der Waals surface area contributed by atoms with Crippen LogP contribution in [0.15, 0.2) is 53.5 Å². The first-order valence-electron chi connectivity index (χ1n) is 10.4. The first kappa shape index (κ1) is 20.6. The van der Waals surface area contributed by atoms with E-state index in [-0.39, 0.29) is 12.0 Å². The fraction of sp³-hybridized carbons (Fsp3) is 0.391. The Balaban J connectivity index is 1.25. The van der Waals surface area contributed by atoms with Gasteiger partial charge in [0.25, 0.3) is 0 Å². The number of imidazole rings is 1. The van der Waals surface area contributed by atoms with Crippen molar-refractivity contribution < 1.29 is 9.53 Å². The molecule has 4 rings (SSSR count). The van der Waals surface area contributed by atoms with Crippen LogP contribution < -0.4 is 4.74 Å². The molecule has 0 saturated carbocycles. The lowest BCUT2D eigenvalue weighted by Gasteiger charge is -2.32. The normalized spacial score (nSPS) is 14.9. The van der Waals surface area contributed by atoms with Gasteiger partial charge in [0, 0.05) is 44.9 Å². The van der Waals surface area contributed by atoms with Crippen molar-refractivity contribution in [2.24, 2.45) is 0 Å². The second-order valence-corrected chi connectivity index (χ2v) is 8.64. The number of carbonyl (C=O) groups is 1. The van der Waals surface area contributed by atoms with Crippen LogP contribution in [0.1, 0.15) is 29.8 Å². The molecule has 1 amide bonds. The van der Waals surface area contributed by atoms with Crippen LogP contribution in [0.25, 0.3) is 0 Å². The summed E-state index contributed by atoms with van der Waals surface area (Å²) in [7, 11) is 2.08. The molecule has 7 heteroatoms. The quantitative estimate of drug-likeness (QED) is 0.599. The molecule has 158 valence electrons. The highest BCUT2D eigenvalue weighted by Gasteiger charge is 2.24. The molecule has 0 radical (unpaired) electrons. The van der Waals surface area contributed by atoms with Crippen molar-refractivity contribution in [2.75, 3.05) is 20.1 Å². The Morgan fingerprint density at radius 2 is 2.13 bits per heavy atom. The maximum Gasteiger partial charge on any atom is 0.227 e. The summed E-state index contributed by atoms with van der Waals surface area (Å²) in [5.74, 6) is 2.08. The van der Waals surface area contributed by atoms with Gasteiger partial charge in [0.2, 0.25) is 5.91 Å². The molecule has 2 aromatic heterocycles. The van der Waals surface area contributed by atoms with Crippen LogP contribution in [0.4, 0.5) is 0 Å². The van der Waals surface area contributed by atoms with Crippen LogP contribution in [0.3, 0.4) is 0 Å². The third-order valence-electron chi connectivity index (χ3n) is 5.36. The highest BCUT2D eigenvalue weighted by Crippen LogP contribution is 2.21. The number of nitrogens with zero attached hydrogens (tertiary/aromatic N) is 3. The molecule has 1 N–H and O–H groups in total. The van der Waals surface area contributed by atoms with Crippen LogP contribution in [0, 0.1) is 0 Å². The topological polar surface area (TPSA) is 61.5 Å². The summed E-state index contributed by atoms with van der Waals surface area (Å²) in [6.45, 7) is 3.13. The highest BCUT2D eigenvalue weighted by molar-refractivity contribution is 7.08. The smallest absolute Gasteiger partial charge is 0.227 e. The summed E-state index contributed by atoms with van der Waals surface area (Å²) < 4.78 is 6.24. The molecule has 0 spiro atoms. The van der Waals surface area contributed by atoms with Crippen LogP contribution >= 0.6 is 11.3 Å². The molecule has 30 heavy (non-hydrogen) atoms. The molecular formula is C23H28N4O2S. The van der Waals surface area contributed by atoms with Crippen LogP contribution in [-0.4, -0.2) is 51.9 Å². The molecule has 0 unspecified atom stereocenters. The van der Waals surface area contributed by atoms with E-state index in [2.05, 4.69) is 34.0 Å². The van der Waals surface area contributed by atoms with E-state index in [1.54, 1.807) is 17.5 Å². The minimum atomic E-state index is 0.159. The lowest BCUT2D eigenvalue weighted by atomic mass is 10.1.